The van der Waals surface area contributed by atoms with Crippen LogP contribution in [0.4, 0.5) is 0 Å². The second-order valence-electron chi connectivity index (χ2n) is 4.21. The van der Waals surface area contributed by atoms with Crippen LogP contribution in [0, 0.1) is 0 Å². The lowest BCUT2D eigenvalue weighted by atomic mass is 10.3. The molecule has 5 heteroatoms. The van der Waals surface area contributed by atoms with E-state index in [4.69, 9.17) is 23.2 Å². The molecule has 2 rings (SSSR count). The minimum Gasteiger partial charge on any atom is -0.395 e. The normalized spacial score (nSPS) is 17.1. The van der Waals surface area contributed by atoms with Gasteiger partial charge >= 0.3 is 0 Å². The molecule has 0 amide bonds. The fourth-order valence-electron chi connectivity index (χ4n) is 1.52. The van der Waals surface area contributed by atoms with Crippen molar-refractivity contribution in [3.05, 3.63) is 28.2 Å². The summed E-state index contributed by atoms with van der Waals surface area (Å²) in [6, 6.07) is 6.17. The SMILES string of the molecule is OCC(CSc1cc(Cl)ccc1Cl)NC1CC1. The molecule has 1 aliphatic carbocycles. The Balaban J connectivity index is 1.88. The monoisotopic (exact) mass is 291 g/mol. The molecule has 1 unspecified atom stereocenters. The second-order valence-corrected chi connectivity index (χ2v) is 6.11. The van der Waals surface area contributed by atoms with Crippen molar-refractivity contribution in [1.29, 1.82) is 0 Å². The predicted molar refractivity (Wildman–Crippen MR) is 74.2 cm³/mol. The number of rotatable bonds is 6. The van der Waals surface area contributed by atoms with Crippen LogP contribution in [0.3, 0.4) is 0 Å². The molecule has 0 heterocycles. The summed E-state index contributed by atoms with van der Waals surface area (Å²) in [6.07, 6.45) is 2.44. The molecule has 1 atom stereocenters. The number of aliphatic hydroxyl groups excluding tert-OH is 1. The molecule has 0 saturated heterocycles. The van der Waals surface area contributed by atoms with E-state index in [0.717, 1.165) is 10.6 Å². The molecule has 0 spiro atoms. The summed E-state index contributed by atoms with van der Waals surface area (Å²) < 4.78 is 0. The van der Waals surface area contributed by atoms with E-state index in [1.165, 1.54) is 12.8 Å². The zero-order chi connectivity index (χ0) is 12.3. The molecule has 1 aromatic carbocycles. The van der Waals surface area contributed by atoms with Crippen molar-refractivity contribution < 1.29 is 5.11 Å². The van der Waals surface area contributed by atoms with Crippen molar-refractivity contribution in [3.8, 4) is 0 Å². The standard InChI is InChI=1S/C12H15Cl2NOS/c13-8-1-4-11(14)12(5-8)17-7-10(6-16)15-9-2-3-9/h1,4-5,9-10,15-16H,2-3,6-7H2. The average molecular weight is 292 g/mol. The largest absolute Gasteiger partial charge is 0.395 e. The first-order valence-electron chi connectivity index (χ1n) is 5.64. The van der Waals surface area contributed by atoms with Gasteiger partial charge in [-0.1, -0.05) is 23.2 Å². The van der Waals surface area contributed by atoms with Gasteiger partial charge in [0.15, 0.2) is 0 Å². The number of benzene rings is 1. The molecule has 1 aromatic rings. The summed E-state index contributed by atoms with van der Waals surface area (Å²) in [5, 5.41) is 14.1. The van der Waals surface area contributed by atoms with Gasteiger partial charge in [0.2, 0.25) is 0 Å². The molecule has 1 aliphatic rings. The summed E-state index contributed by atoms with van der Waals surface area (Å²) in [7, 11) is 0. The Labute approximate surface area is 116 Å². The fourth-order valence-corrected chi connectivity index (χ4v) is 3.03. The highest BCUT2D eigenvalue weighted by molar-refractivity contribution is 7.99. The van der Waals surface area contributed by atoms with Crippen LogP contribution in [-0.4, -0.2) is 29.5 Å². The molecule has 0 radical (unpaired) electrons. The number of aliphatic hydroxyl groups is 1. The lowest BCUT2D eigenvalue weighted by molar-refractivity contribution is 0.253. The molecule has 94 valence electrons. The lowest BCUT2D eigenvalue weighted by Crippen LogP contribution is -2.36. The quantitative estimate of drug-likeness (QED) is 0.790. The van der Waals surface area contributed by atoms with Crippen molar-refractivity contribution in [3.63, 3.8) is 0 Å². The zero-order valence-electron chi connectivity index (χ0n) is 9.33. The number of halogens is 2. The summed E-state index contributed by atoms with van der Waals surface area (Å²) in [5.41, 5.74) is 0. The third kappa shape index (κ3) is 4.34. The Morgan fingerprint density at radius 3 is 2.82 bits per heavy atom. The zero-order valence-corrected chi connectivity index (χ0v) is 11.7. The highest BCUT2D eigenvalue weighted by Crippen LogP contribution is 2.30. The molecule has 2 nitrogen and oxygen atoms in total. The van der Waals surface area contributed by atoms with Gasteiger partial charge in [0.25, 0.3) is 0 Å². The Morgan fingerprint density at radius 2 is 2.18 bits per heavy atom. The molecule has 0 aromatic heterocycles. The number of nitrogens with one attached hydrogen (secondary N) is 1. The van der Waals surface area contributed by atoms with Crippen molar-refractivity contribution in [1.82, 2.24) is 5.32 Å². The van der Waals surface area contributed by atoms with Gasteiger partial charge in [-0.2, -0.15) is 0 Å². The summed E-state index contributed by atoms with van der Waals surface area (Å²) >= 11 is 13.6. The molecule has 1 saturated carbocycles. The molecule has 2 N–H and O–H groups in total. The molecular weight excluding hydrogens is 277 g/mol. The van der Waals surface area contributed by atoms with Crippen LogP contribution >= 0.6 is 35.0 Å². The van der Waals surface area contributed by atoms with E-state index in [2.05, 4.69) is 5.32 Å². The van der Waals surface area contributed by atoms with Gasteiger partial charge in [-0.05, 0) is 31.0 Å². The Hall–Kier alpha value is 0.0700. The molecule has 0 aliphatic heterocycles. The van der Waals surface area contributed by atoms with Crippen LogP contribution in [-0.2, 0) is 0 Å². The van der Waals surface area contributed by atoms with Gasteiger partial charge in [-0.3, -0.25) is 0 Å². The van der Waals surface area contributed by atoms with E-state index < -0.39 is 0 Å². The maximum atomic E-state index is 9.27. The fraction of sp³-hybridized carbons (Fsp3) is 0.500. The van der Waals surface area contributed by atoms with Gasteiger partial charge in [0.05, 0.1) is 11.6 Å². The van der Waals surface area contributed by atoms with Crippen molar-refractivity contribution in [2.24, 2.45) is 0 Å². The van der Waals surface area contributed by atoms with Crippen LogP contribution in [0.5, 0.6) is 0 Å². The van der Waals surface area contributed by atoms with Crippen molar-refractivity contribution in [2.45, 2.75) is 29.8 Å². The number of hydrogen-bond donors (Lipinski definition) is 2. The van der Waals surface area contributed by atoms with Gasteiger partial charge in [0.1, 0.15) is 0 Å². The smallest absolute Gasteiger partial charge is 0.0592 e. The maximum absolute atomic E-state index is 9.27. The van der Waals surface area contributed by atoms with Gasteiger partial charge in [-0.25, -0.2) is 0 Å². The van der Waals surface area contributed by atoms with Gasteiger partial charge in [0, 0.05) is 27.8 Å². The average Bonchev–Trinajstić information content (AvgIpc) is 3.12. The van der Waals surface area contributed by atoms with Crippen LogP contribution in [0.15, 0.2) is 23.1 Å². The van der Waals surface area contributed by atoms with Gasteiger partial charge < -0.3 is 10.4 Å². The Kier molecular flexibility index (Phi) is 5.00. The van der Waals surface area contributed by atoms with Crippen LogP contribution in [0.1, 0.15) is 12.8 Å². The summed E-state index contributed by atoms with van der Waals surface area (Å²) in [5.74, 6) is 0.799. The minimum atomic E-state index is 0.127. The lowest BCUT2D eigenvalue weighted by Gasteiger charge is -2.15. The third-order valence-corrected chi connectivity index (χ3v) is 4.50. The molecule has 17 heavy (non-hydrogen) atoms. The highest BCUT2D eigenvalue weighted by atomic mass is 35.5. The van der Waals surface area contributed by atoms with E-state index in [-0.39, 0.29) is 12.6 Å². The number of hydrogen-bond acceptors (Lipinski definition) is 3. The first kappa shape index (κ1) is 13.5. The predicted octanol–water partition coefficient (Wildman–Crippen LogP) is 3.20. The van der Waals surface area contributed by atoms with E-state index in [0.29, 0.717) is 16.1 Å². The molecule has 0 bridgehead atoms. The topological polar surface area (TPSA) is 32.3 Å². The van der Waals surface area contributed by atoms with E-state index >= 15 is 0 Å². The van der Waals surface area contributed by atoms with Gasteiger partial charge in [-0.15, -0.1) is 11.8 Å². The summed E-state index contributed by atoms with van der Waals surface area (Å²) in [4.78, 5) is 0.968. The van der Waals surface area contributed by atoms with Crippen molar-refractivity contribution >= 4 is 35.0 Å². The van der Waals surface area contributed by atoms with Crippen molar-refractivity contribution in [2.75, 3.05) is 12.4 Å². The van der Waals surface area contributed by atoms with Crippen LogP contribution in [0.25, 0.3) is 0 Å². The maximum Gasteiger partial charge on any atom is 0.0592 e. The van der Waals surface area contributed by atoms with Crippen LogP contribution < -0.4 is 5.32 Å². The highest BCUT2D eigenvalue weighted by Gasteiger charge is 2.24. The first-order valence-corrected chi connectivity index (χ1v) is 7.38. The minimum absolute atomic E-state index is 0.127. The Morgan fingerprint density at radius 1 is 1.41 bits per heavy atom. The third-order valence-electron chi connectivity index (χ3n) is 2.60. The van der Waals surface area contributed by atoms with E-state index in [9.17, 15) is 5.11 Å². The Bertz CT molecular complexity index is 385. The molecule has 1 fully saturated rings. The summed E-state index contributed by atoms with van der Waals surface area (Å²) in [6.45, 7) is 0.154. The second kappa shape index (κ2) is 6.30. The van der Waals surface area contributed by atoms with E-state index in [1.807, 2.05) is 6.07 Å². The first-order chi connectivity index (χ1) is 8.19. The number of thioether (sulfide) groups is 1. The van der Waals surface area contributed by atoms with E-state index in [1.54, 1.807) is 23.9 Å². The van der Waals surface area contributed by atoms with Crippen LogP contribution in [0.2, 0.25) is 10.0 Å². The molecular formula is C12H15Cl2NOS.